The summed E-state index contributed by atoms with van der Waals surface area (Å²) >= 11 is 0. The van der Waals surface area contributed by atoms with Crippen LogP contribution in [0.25, 0.3) is 21.8 Å². The van der Waals surface area contributed by atoms with E-state index in [0.717, 1.165) is 40.9 Å². The minimum atomic E-state index is -1.11. The molecule has 4 aromatic rings. The first-order chi connectivity index (χ1) is 21.7. The molecule has 7 rings (SSSR count). The van der Waals surface area contributed by atoms with E-state index in [1.54, 1.807) is 16.7 Å². The second-order valence-electron chi connectivity index (χ2n) is 11.5. The Bertz CT molecular complexity index is 1880. The Morgan fingerprint density at radius 1 is 0.733 bits per heavy atom. The van der Waals surface area contributed by atoms with E-state index in [0.29, 0.717) is 49.4 Å². The van der Waals surface area contributed by atoms with E-state index in [-0.39, 0.29) is 35.2 Å². The van der Waals surface area contributed by atoms with Gasteiger partial charge in [-0.25, -0.2) is 4.79 Å². The third kappa shape index (κ3) is 6.84. The molecule has 2 N–H and O–H groups in total. The number of hydrogen-bond donors (Lipinski definition) is 2. The zero-order valence-corrected chi connectivity index (χ0v) is 25.1. The maximum Gasteiger partial charge on any atom is 0.336 e. The first-order valence-corrected chi connectivity index (χ1v) is 15.0. The molecule has 0 unspecified atom stereocenters. The summed E-state index contributed by atoms with van der Waals surface area (Å²) < 4.78 is 24.8. The highest BCUT2D eigenvalue weighted by atomic mass is 16.7. The third-order valence-corrected chi connectivity index (χ3v) is 7.97. The van der Waals surface area contributed by atoms with Crippen molar-refractivity contribution in [2.45, 2.75) is 58.4 Å². The molecular weight excluding hydrogens is 582 g/mol. The molecule has 12 nitrogen and oxygen atoms in total. The second kappa shape index (κ2) is 12.9. The number of carboxylic acid groups (broad SMARTS) is 1. The number of aromatic nitrogens is 2. The van der Waals surface area contributed by atoms with Gasteiger partial charge in [-0.1, -0.05) is 24.3 Å². The van der Waals surface area contributed by atoms with Crippen LogP contribution >= 0.6 is 0 Å². The summed E-state index contributed by atoms with van der Waals surface area (Å²) in [5, 5.41) is 13.5. The smallest absolute Gasteiger partial charge is 0.336 e. The molecule has 3 fully saturated rings. The molecule has 1 aliphatic carbocycles. The predicted octanol–water partition coefficient (Wildman–Crippen LogP) is 2.96. The van der Waals surface area contributed by atoms with E-state index < -0.39 is 18.5 Å². The largest absolute Gasteiger partial charge is 0.478 e. The Balaban J connectivity index is 0.000000160. The maximum atomic E-state index is 12.6. The van der Waals surface area contributed by atoms with Crippen molar-refractivity contribution in [1.29, 1.82) is 0 Å². The number of carboxylic acids is 1. The summed E-state index contributed by atoms with van der Waals surface area (Å²) in [6.45, 7) is 6.52. The molecule has 1 amide bonds. The van der Waals surface area contributed by atoms with Gasteiger partial charge in [-0.3, -0.25) is 14.4 Å². The van der Waals surface area contributed by atoms with Gasteiger partial charge in [0.05, 0.1) is 61.7 Å². The number of rotatable bonds is 7. The molecule has 2 aliphatic heterocycles. The highest BCUT2D eigenvalue weighted by molar-refractivity contribution is 6.06. The Morgan fingerprint density at radius 3 is 1.62 bits per heavy atom. The van der Waals surface area contributed by atoms with Gasteiger partial charge in [0.25, 0.3) is 17.0 Å². The van der Waals surface area contributed by atoms with Crippen molar-refractivity contribution in [1.82, 2.24) is 14.5 Å². The minimum absolute atomic E-state index is 0.0134. The quantitative estimate of drug-likeness (QED) is 0.319. The summed E-state index contributed by atoms with van der Waals surface area (Å²) in [5.41, 5.74) is 3.17. The van der Waals surface area contributed by atoms with Gasteiger partial charge in [-0.15, -0.1) is 0 Å². The van der Waals surface area contributed by atoms with Crippen LogP contribution < -0.4 is 16.4 Å². The van der Waals surface area contributed by atoms with Crippen molar-refractivity contribution < 1.29 is 33.6 Å². The van der Waals surface area contributed by atoms with Crippen molar-refractivity contribution in [2.24, 2.45) is 0 Å². The Labute approximate surface area is 258 Å². The average Bonchev–Trinajstić information content (AvgIpc) is 3.42. The van der Waals surface area contributed by atoms with Crippen molar-refractivity contribution >= 4 is 33.7 Å². The van der Waals surface area contributed by atoms with Crippen LogP contribution in [-0.4, -0.2) is 71.2 Å². The van der Waals surface area contributed by atoms with E-state index >= 15 is 0 Å². The van der Waals surface area contributed by atoms with Crippen molar-refractivity contribution in [2.75, 3.05) is 26.4 Å². The number of nitrogens with zero attached hydrogens (tertiary/aromatic N) is 2. The first kappa shape index (κ1) is 30.7. The van der Waals surface area contributed by atoms with Crippen LogP contribution in [0.4, 0.5) is 0 Å². The summed E-state index contributed by atoms with van der Waals surface area (Å²) in [6, 6.07) is 14.0. The lowest BCUT2D eigenvalue weighted by Crippen LogP contribution is -2.31. The monoisotopic (exact) mass is 617 g/mol. The third-order valence-electron chi connectivity index (χ3n) is 7.97. The fourth-order valence-corrected chi connectivity index (χ4v) is 5.54. The van der Waals surface area contributed by atoms with Crippen LogP contribution in [0.15, 0.2) is 58.1 Å². The molecule has 4 heterocycles. The van der Waals surface area contributed by atoms with E-state index in [9.17, 15) is 24.3 Å². The zero-order chi connectivity index (χ0) is 31.7. The van der Waals surface area contributed by atoms with Gasteiger partial charge in [0.2, 0.25) is 0 Å². The molecule has 236 valence electrons. The topological polar surface area (TPSA) is 147 Å². The molecule has 2 aromatic heterocycles. The lowest BCUT2D eigenvalue weighted by Gasteiger charge is -2.16. The summed E-state index contributed by atoms with van der Waals surface area (Å²) in [5.74, 6) is -1.29. The predicted molar refractivity (Wildman–Crippen MR) is 165 cm³/mol. The molecule has 0 radical (unpaired) electrons. The summed E-state index contributed by atoms with van der Waals surface area (Å²) in [4.78, 5) is 48.7. The van der Waals surface area contributed by atoms with Gasteiger partial charge >= 0.3 is 5.97 Å². The number of fused-ring (bicyclic) bond motifs is 2. The standard InChI is InChI=1S/C18H20N2O4.C15H15NO5/c1-11-2-5-13-14(18(22)19-12-3-4-12)9-16(21)20(15(13)8-11)10-17-23-6-7-24-17;1-9-2-3-10-11(15(18)19)7-13(17)16(12(10)6-9)8-14-20-4-5-21-14/h2,5,8-9,12,17H,3-4,6-7,10H2,1H3,(H,19,22);2-3,6-7,14H,4-5,8H2,1H3,(H,18,19). The molecular formula is C33H35N3O9. The number of aryl methyl sites for hydroxylation is 2. The Hall–Kier alpha value is -4.36. The Morgan fingerprint density at radius 2 is 1.18 bits per heavy atom. The minimum Gasteiger partial charge on any atom is -0.478 e. The molecule has 45 heavy (non-hydrogen) atoms. The maximum absolute atomic E-state index is 12.6. The van der Waals surface area contributed by atoms with Crippen LogP contribution in [0.2, 0.25) is 0 Å². The van der Waals surface area contributed by atoms with Crippen molar-refractivity contribution in [3.8, 4) is 0 Å². The normalized spacial score (nSPS) is 17.0. The van der Waals surface area contributed by atoms with Crippen LogP contribution in [0.1, 0.15) is 44.7 Å². The fourth-order valence-electron chi connectivity index (χ4n) is 5.54. The lowest BCUT2D eigenvalue weighted by molar-refractivity contribution is -0.0525. The summed E-state index contributed by atoms with van der Waals surface area (Å²) in [6.07, 6.45) is 1.13. The first-order valence-electron chi connectivity index (χ1n) is 15.0. The highest BCUT2D eigenvalue weighted by Crippen LogP contribution is 2.24. The van der Waals surface area contributed by atoms with Crippen LogP contribution in [0, 0.1) is 13.8 Å². The zero-order valence-electron chi connectivity index (χ0n) is 25.1. The number of amides is 1. The Kier molecular flexibility index (Phi) is 8.81. The van der Waals surface area contributed by atoms with E-state index in [1.165, 1.54) is 10.6 Å². The van der Waals surface area contributed by atoms with E-state index in [1.807, 2.05) is 38.1 Å². The second-order valence-corrected chi connectivity index (χ2v) is 11.5. The number of nitrogens with one attached hydrogen (secondary N) is 1. The number of carbonyl (C=O) groups excluding carboxylic acids is 1. The number of aromatic carboxylic acids is 1. The molecule has 0 atom stereocenters. The molecule has 0 bridgehead atoms. The SMILES string of the molecule is Cc1ccc2c(C(=O)NC3CC3)cc(=O)n(CC3OCCO3)c2c1.Cc1ccc2c(C(=O)O)cc(=O)n(CC3OCCO3)c2c1. The molecule has 1 saturated carbocycles. The van der Waals surface area contributed by atoms with E-state index in [4.69, 9.17) is 18.9 Å². The van der Waals surface area contributed by atoms with Gasteiger partial charge in [0, 0.05) is 28.9 Å². The number of benzene rings is 2. The van der Waals surface area contributed by atoms with Gasteiger partial charge in [-0.2, -0.15) is 0 Å². The van der Waals surface area contributed by atoms with Crippen LogP contribution in [-0.2, 0) is 32.0 Å². The van der Waals surface area contributed by atoms with Crippen LogP contribution in [0.5, 0.6) is 0 Å². The highest BCUT2D eigenvalue weighted by Gasteiger charge is 2.26. The van der Waals surface area contributed by atoms with Crippen molar-refractivity contribution in [3.63, 3.8) is 0 Å². The summed E-state index contributed by atoms with van der Waals surface area (Å²) in [7, 11) is 0. The lowest BCUT2D eigenvalue weighted by atomic mass is 10.1. The number of ether oxygens (including phenoxy) is 4. The van der Waals surface area contributed by atoms with Gasteiger partial charge < -0.3 is 38.5 Å². The molecule has 2 saturated heterocycles. The molecule has 0 spiro atoms. The van der Waals surface area contributed by atoms with Crippen LogP contribution in [0.3, 0.4) is 0 Å². The number of pyridine rings is 2. The molecule has 2 aromatic carbocycles. The average molecular weight is 618 g/mol. The number of hydrogen-bond acceptors (Lipinski definition) is 8. The van der Waals surface area contributed by atoms with Gasteiger partial charge in [0.1, 0.15) is 0 Å². The molecule has 3 aliphatic rings. The number of carbonyl (C=O) groups is 2. The van der Waals surface area contributed by atoms with E-state index in [2.05, 4.69) is 5.32 Å². The van der Waals surface area contributed by atoms with Crippen molar-refractivity contribution in [3.05, 3.63) is 91.5 Å². The van der Waals surface area contributed by atoms with Gasteiger partial charge in [-0.05, 0) is 49.9 Å². The van der Waals surface area contributed by atoms with Gasteiger partial charge in [0.15, 0.2) is 12.6 Å². The molecule has 12 heteroatoms. The fraction of sp³-hybridized carbons (Fsp3) is 0.394.